The SMILES string of the molecule is CC(=O)c1cc2c(cc1NC(=O)CC1CCCN(C(=O)c3ccccc3)C1)OCO2. The van der Waals surface area contributed by atoms with Crippen LogP contribution in [0.2, 0.25) is 0 Å². The highest BCUT2D eigenvalue weighted by molar-refractivity contribution is 6.04. The summed E-state index contributed by atoms with van der Waals surface area (Å²) in [6, 6.07) is 12.4. The van der Waals surface area contributed by atoms with Crippen molar-refractivity contribution in [2.75, 3.05) is 25.2 Å². The van der Waals surface area contributed by atoms with Crippen LogP contribution in [0.25, 0.3) is 0 Å². The summed E-state index contributed by atoms with van der Waals surface area (Å²) in [5.41, 5.74) is 1.47. The van der Waals surface area contributed by atoms with Gasteiger partial charge in [-0.05, 0) is 43.9 Å². The van der Waals surface area contributed by atoms with Gasteiger partial charge in [-0.15, -0.1) is 0 Å². The first-order valence-electron chi connectivity index (χ1n) is 10.1. The first-order chi connectivity index (χ1) is 14.5. The van der Waals surface area contributed by atoms with E-state index in [1.807, 2.05) is 35.2 Å². The van der Waals surface area contributed by atoms with Gasteiger partial charge < -0.3 is 19.7 Å². The van der Waals surface area contributed by atoms with E-state index in [9.17, 15) is 14.4 Å². The Bertz CT molecular complexity index is 973. The standard InChI is InChI=1S/C23H24N2O5/c1-15(26)18-11-20-21(30-14-29-20)12-19(18)24-22(27)10-16-6-5-9-25(13-16)23(28)17-7-3-2-4-8-17/h2-4,7-8,11-12,16H,5-6,9-10,13-14H2,1H3,(H,24,27). The van der Waals surface area contributed by atoms with Crippen LogP contribution in [0.5, 0.6) is 11.5 Å². The number of benzene rings is 2. The van der Waals surface area contributed by atoms with Crippen LogP contribution in [0, 0.1) is 5.92 Å². The largest absolute Gasteiger partial charge is 0.454 e. The van der Waals surface area contributed by atoms with Crippen molar-refractivity contribution < 1.29 is 23.9 Å². The Labute approximate surface area is 175 Å². The van der Waals surface area contributed by atoms with Gasteiger partial charge in [0.15, 0.2) is 17.3 Å². The van der Waals surface area contributed by atoms with E-state index in [4.69, 9.17) is 9.47 Å². The first-order valence-corrected chi connectivity index (χ1v) is 10.1. The van der Waals surface area contributed by atoms with E-state index in [1.165, 1.54) is 6.92 Å². The molecule has 7 heteroatoms. The molecule has 2 heterocycles. The van der Waals surface area contributed by atoms with Gasteiger partial charge in [0.05, 0.1) is 5.69 Å². The quantitative estimate of drug-likeness (QED) is 0.766. The second-order valence-electron chi connectivity index (χ2n) is 7.68. The number of hydrogen-bond acceptors (Lipinski definition) is 5. The van der Waals surface area contributed by atoms with E-state index in [0.717, 1.165) is 12.8 Å². The third kappa shape index (κ3) is 4.30. The maximum Gasteiger partial charge on any atom is 0.253 e. The topological polar surface area (TPSA) is 84.9 Å². The molecule has 2 aromatic rings. The molecule has 1 fully saturated rings. The zero-order valence-electron chi connectivity index (χ0n) is 16.8. The molecule has 0 aromatic heterocycles. The molecule has 2 aliphatic heterocycles. The van der Waals surface area contributed by atoms with Crippen LogP contribution in [0.4, 0.5) is 5.69 Å². The number of anilines is 1. The fourth-order valence-corrected chi connectivity index (χ4v) is 3.98. The van der Waals surface area contributed by atoms with Gasteiger partial charge in [-0.1, -0.05) is 18.2 Å². The number of nitrogens with zero attached hydrogens (tertiary/aromatic N) is 1. The maximum atomic E-state index is 12.7. The summed E-state index contributed by atoms with van der Waals surface area (Å²) < 4.78 is 10.7. The van der Waals surface area contributed by atoms with E-state index < -0.39 is 0 Å². The molecule has 156 valence electrons. The average Bonchev–Trinajstić information content (AvgIpc) is 3.20. The molecule has 4 rings (SSSR count). The Morgan fingerprint density at radius 2 is 1.83 bits per heavy atom. The molecule has 1 unspecified atom stereocenters. The number of ketones is 1. The Morgan fingerprint density at radius 3 is 2.57 bits per heavy atom. The zero-order chi connectivity index (χ0) is 21.1. The van der Waals surface area contributed by atoms with E-state index >= 15 is 0 Å². The summed E-state index contributed by atoms with van der Waals surface area (Å²) in [6.07, 6.45) is 2.02. The lowest BCUT2D eigenvalue weighted by Crippen LogP contribution is -2.40. The molecule has 0 bridgehead atoms. The molecule has 2 aromatic carbocycles. The molecule has 1 saturated heterocycles. The number of ether oxygens (including phenoxy) is 2. The number of rotatable bonds is 5. The third-order valence-electron chi connectivity index (χ3n) is 5.47. The summed E-state index contributed by atoms with van der Waals surface area (Å²) in [4.78, 5) is 39.2. The summed E-state index contributed by atoms with van der Waals surface area (Å²) in [5, 5.41) is 2.85. The Hall–Kier alpha value is -3.35. The number of Topliss-reactive ketones (excluding diaryl/α,β-unsaturated/α-hetero) is 1. The first kappa shape index (κ1) is 19.9. The van der Waals surface area contributed by atoms with E-state index in [-0.39, 0.29) is 36.7 Å². The molecule has 7 nitrogen and oxygen atoms in total. The van der Waals surface area contributed by atoms with Gasteiger partial charge in [0.2, 0.25) is 12.7 Å². The monoisotopic (exact) mass is 408 g/mol. The molecule has 0 radical (unpaired) electrons. The molecule has 0 aliphatic carbocycles. The van der Waals surface area contributed by atoms with Crippen molar-refractivity contribution in [1.29, 1.82) is 0 Å². The predicted molar refractivity (Wildman–Crippen MR) is 111 cm³/mol. The van der Waals surface area contributed by atoms with Crippen LogP contribution >= 0.6 is 0 Å². The number of hydrogen-bond donors (Lipinski definition) is 1. The lowest BCUT2D eigenvalue weighted by atomic mass is 9.93. The second kappa shape index (κ2) is 8.57. The van der Waals surface area contributed by atoms with Crippen molar-refractivity contribution >= 4 is 23.3 Å². The van der Waals surface area contributed by atoms with Gasteiger partial charge in [-0.2, -0.15) is 0 Å². The predicted octanol–water partition coefficient (Wildman–Crippen LogP) is 3.50. The number of amides is 2. The van der Waals surface area contributed by atoms with Gasteiger partial charge in [0, 0.05) is 36.7 Å². The average molecular weight is 408 g/mol. The lowest BCUT2D eigenvalue weighted by molar-refractivity contribution is -0.117. The van der Waals surface area contributed by atoms with Crippen LogP contribution < -0.4 is 14.8 Å². The fourth-order valence-electron chi connectivity index (χ4n) is 3.98. The third-order valence-corrected chi connectivity index (χ3v) is 5.47. The number of nitrogens with one attached hydrogen (secondary N) is 1. The number of carbonyl (C=O) groups is 3. The highest BCUT2D eigenvalue weighted by atomic mass is 16.7. The van der Waals surface area contributed by atoms with Crippen molar-refractivity contribution in [3.8, 4) is 11.5 Å². The normalized spacial score (nSPS) is 17.5. The van der Waals surface area contributed by atoms with Crippen molar-refractivity contribution in [2.24, 2.45) is 5.92 Å². The summed E-state index contributed by atoms with van der Waals surface area (Å²) in [5.74, 6) is 0.723. The molecule has 1 N–H and O–H groups in total. The summed E-state index contributed by atoms with van der Waals surface area (Å²) in [7, 11) is 0. The van der Waals surface area contributed by atoms with Gasteiger partial charge in [-0.25, -0.2) is 0 Å². The number of carbonyl (C=O) groups excluding carboxylic acids is 3. The van der Waals surface area contributed by atoms with Crippen LogP contribution in [0.15, 0.2) is 42.5 Å². The van der Waals surface area contributed by atoms with Gasteiger partial charge in [0.1, 0.15) is 0 Å². The molecule has 2 aliphatic rings. The highest BCUT2D eigenvalue weighted by Crippen LogP contribution is 2.37. The van der Waals surface area contributed by atoms with Crippen molar-refractivity contribution in [3.63, 3.8) is 0 Å². The summed E-state index contributed by atoms with van der Waals surface area (Å²) in [6.45, 7) is 2.78. The van der Waals surface area contributed by atoms with Crippen molar-refractivity contribution in [2.45, 2.75) is 26.2 Å². The van der Waals surface area contributed by atoms with E-state index in [1.54, 1.807) is 12.1 Å². The molecule has 30 heavy (non-hydrogen) atoms. The second-order valence-corrected chi connectivity index (χ2v) is 7.68. The summed E-state index contributed by atoms with van der Waals surface area (Å²) >= 11 is 0. The van der Waals surface area contributed by atoms with Gasteiger partial charge in [0.25, 0.3) is 5.91 Å². The van der Waals surface area contributed by atoms with Crippen molar-refractivity contribution in [1.82, 2.24) is 4.90 Å². The molecule has 0 spiro atoms. The zero-order valence-corrected chi connectivity index (χ0v) is 16.8. The van der Waals surface area contributed by atoms with E-state index in [2.05, 4.69) is 5.32 Å². The number of fused-ring (bicyclic) bond motifs is 1. The smallest absolute Gasteiger partial charge is 0.253 e. The fraction of sp³-hybridized carbons (Fsp3) is 0.348. The molecular formula is C23H24N2O5. The van der Waals surface area contributed by atoms with E-state index in [0.29, 0.717) is 41.4 Å². The minimum absolute atomic E-state index is 0.00431. The minimum Gasteiger partial charge on any atom is -0.454 e. The highest BCUT2D eigenvalue weighted by Gasteiger charge is 2.27. The minimum atomic E-state index is -0.185. The lowest BCUT2D eigenvalue weighted by Gasteiger charge is -2.32. The Balaban J connectivity index is 1.41. The Morgan fingerprint density at radius 1 is 1.10 bits per heavy atom. The number of piperidine rings is 1. The number of likely N-dealkylation sites (tertiary alicyclic amines) is 1. The van der Waals surface area contributed by atoms with Crippen LogP contribution in [-0.4, -0.2) is 42.4 Å². The van der Waals surface area contributed by atoms with Crippen LogP contribution in [-0.2, 0) is 4.79 Å². The van der Waals surface area contributed by atoms with Gasteiger partial charge >= 0.3 is 0 Å². The molecule has 0 saturated carbocycles. The maximum absolute atomic E-state index is 12.7. The van der Waals surface area contributed by atoms with Crippen LogP contribution in [0.1, 0.15) is 46.9 Å². The Kier molecular flexibility index (Phi) is 5.70. The van der Waals surface area contributed by atoms with Crippen LogP contribution in [0.3, 0.4) is 0 Å². The van der Waals surface area contributed by atoms with Gasteiger partial charge in [-0.3, -0.25) is 14.4 Å². The molecule has 2 amide bonds. The molecule has 1 atom stereocenters. The van der Waals surface area contributed by atoms with Crippen molar-refractivity contribution in [3.05, 3.63) is 53.6 Å². The molecular weight excluding hydrogens is 384 g/mol.